The van der Waals surface area contributed by atoms with Crippen molar-refractivity contribution in [2.45, 2.75) is 17.8 Å². The summed E-state index contributed by atoms with van der Waals surface area (Å²) in [5.41, 5.74) is 0. The number of hydrogen-bond donors (Lipinski definition) is 0. The molecular formula is C8H19LiN2Si. The van der Waals surface area contributed by atoms with Gasteiger partial charge in [-0.25, -0.2) is 0 Å². The van der Waals surface area contributed by atoms with Crippen molar-refractivity contribution in [3.63, 3.8) is 0 Å². The Morgan fingerprint density at radius 3 is 2.08 bits per heavy atom. The Labute approximate surface area is 86.6 Å². The Morgan fingerprint density at radius 2 is 1.67 bits per heavy atom. The van der Waals surface area contributed by atoms with Crippen molar-refractivity contribution >= 4 is 26.0 Å². The van der Waals surface area contributed by atoms with Gasteiger partial charge in [-0.2, -0.15) is 0 Å². The van der Waals surface area contributed by atoms with E-state index in [-0.39, 0.29) is 0 Å². The Kier molecular flexibility index (Phi) is 3.87. The van der Waals surface area contributed by atoms with Crippen molar-refractivity contribution in [3.05, 3.63) is 0 Å². The molecule has 0 radical (unpaired) electrons. The molecule has 0 unspecified atom stereocenters. The van der Waals surface area contributed by atoms with Gasteiger partial charge in [0.25, 0.3) is 0 Å². The Morgan fingerprint density at radius 1 is 1.17 bits per heavy atom. The molecule has 0 spiro atoms. The van der Waals surface area contributed by atoms with Crippen LogP contribution < -0.4 is 0 Å². The number of nitrogens with zero attached hydrogens (tertiary/aromatic N) is 2. The first-order chi connectivity index (χ1) is 5.56. The average Bonchev–Trinajstić information content (AvgIpc) is 2.05. The monoisotopic (exact) mass is 178 g/mol. The van der Waals surface area contributed by atoms with Crippen LogP contribution in [0.1, 0.15) is 0 Å². The van der Waals surface area contributed by atoms with Gasteiger partial charge in [0.15, 0.2) is 0 Å². The zero-order valence-corrected chi connectivity index (χ0v) is 9.93. The topological polar surface area (TPSA) is 6.48 Å². The van der Waals surface area contributed by atoms with E-state index in [4.69, 9.17) is 0 Å². The average molecular weight is 178 g/mol. The number of piperazine rings is 1. The van der Waals surface area contributed by atoms with Gasteiger partial charge >= 0.3 is 86.5 Å². The molecule has 0 amide bonds. The molecule has 0 N–H and O–H groups in total. The van der Waals surface area contributed by atoms with Crippen molar-refractivity contribution in [3.8, 4) is 0 Å². The van der Waals surface area contributed by atoms with Gasteiger partial charge in [-0.05, 0) is 0 Å². The van der Waals surface area contributed by atoms with Crippen LogP contribution in [0.3, 0.4) is 0 Å². The normalized spacial score (nSPS) is 23.1. The molecule has 0 atom stereocenters. The second-order valence-corrected chi connectivity index (χ2v) is 9.42. The summed E-state index contributed by atoms with van der Waals surface area (Å²) in [6.45, 7) is 10.1. The predicted octanol–water partition coefficient (Wildman–Crippen LogP) is 0.565. The molecule has 0 aliphatic carbocycles. The van der Waals surface area contributed by atoms with Crippen molar-refractivity contribution in [1.82, 2.24) is 9.47 Å². The molecule has 0 aromatic rings. The van der Waals surface area contributed by atoms with Crippen LogP contribution in [0.4, 0.5) is 0 Å². The van der Waals surface area contributed by atoms with Gasteiger partial charge in [-0.15, -0.1) is 0 Å². The van der Waals surface area contributed by atoms with Gasteiger partial charge in [0.2, 0.25) is 0 Å². The fourth-order valence-electron chi connectivity index (χ4n) is 1.64. The second-order valence-electron chi connectivity index (χ2n) is 4.46. The summed E-state index contributed by atoms with van der Waals surface area (Å²) in [4.78, 5) is 2.43. The van der Waals surface area contributed by atoms with E-state index < -0.39 is 8.24 Å². The minimum atomic E-state index is -0.999. The van der Waals surface area contributed by atoms with Crippen molar-refractivity contribution in [2.24, 2.45) is 0 Å². The van der Waals surface area contributed by atoms with Gasteiger partial charge in [-0.1, -0.05) is 0 Å². The van der Waals surface area contributed by atoms with E-state index in [2.05, 4.69) is 47.3 Å². The first-order valence-corrected chi connectivity index (χ1v) is 8.15. The van der Waals surface area contributed by atoms with E-state index in [1.807, 2.05) is 0 Å². The van der Waals surface area contributed by atoms with Crippen molar-refractivity contribution in [2.75, 3.05) is 33.2 Å². The predicted molar refractivity (Wildman–Crippen MR) is 57.1 cm³/mol. The molecule has 2 nitrogen and oxygen atoms in total. The van der Waals surface area contributed by atoms with Crippen LogP contribution in [0.5, 0.6) is 0 Å². The molecule has 1 aliphatic heterocycles. The fourth-order valence-corrected chi connectivity index (χ4v) is 3.49. The standard InChI is InChI=1S/C8H19N2Si.Li/c1-9-5-7-10(8-6-9)11(2,3)4;/h2,5-8H2,1,3-4H3;. The Bertz CT molecular complexity index is 144. The molecule has 1 rings (SSSR count). The van der Waals surface area contributed by atoms with Crippen LogP contribution >= 0.6 is 0 Å². The van der Waals surface area contributed by atoms with Crippen LogP contribution in [0.15, 0.2) is 0 Å². The molecule has 66 valence electrons. The van der Waals surface area contributed by atoms with E-state index in [9.17, 15) is 0 Å². The summed E-state index contributed by atoms with van der Waals surface area (Å²) in [5, 5.41) is 0. The van der Waals surface area contributed by atoms with Crippen LogP contribution in [0.25, 0.3) is 0 Å². The van der Waals surface area contributed by atoms with Gasteiger partial charge in [0, 0.05) is 0 Å². The summed E-state index contributed by atoms with van der Waals surface area (Å²) in [6.07, 6.45) is 0. The number of hydrogen-bond acceptors (Lipinski definition) is 2. The molecule has 4 heteroatoms. The van der Waals surface area contributed by atoms with Crippen molar-refractivity contribution in [1.29, 1.82) is 0 Å². The fraction of sp³-hybridized carbons (Fsp3) is 1.00. The Hall–Kier alpha value is 0.734. The first-order valence-electron chi connectivity index (χ1n) is 5.00. The molecule has 1 fully saturated rings. The summed E-state index contributed by atoms with van der Waals surface area (Å²) < 4.78 is 4.13. The summed E-state index contributed by atoms with van der Waals surface area (Å²) in [7, 11) is 1.22. The van der Waals surface area contributed by atoms with Gasteiger partial charge in [0.1, 0.15) is 0 Å². The van der Waals surface area contributed by atoms with Crippen LogP contribution in [0.2, 0.25) is 17.8 Å². The van der Waals surface area contributed by atoms with Crippen LogP contribution in [-0.2, 0) is 0 Å². The summed E-state index contributed by atoms with van der Waals surface area (Å²) >= 11 is 2.34. The quantitative estimate of drug-likeness (QED) is 0.570. The van der Waals surface area contributed by atoms with Crippen LogP contribution in [-0.4, -0.2) is 68.6 Å². The van der Waals surface area contributed by atoms with Gasteiger partial charge < -0.3 is 0 Å². The third-order valence-corrected chi connectivity index (χ3v) is 7.11. The maximum absolute atomic E-state index is 2.74. The molecule has 1 aliphatic rings. The molecule has 0 aromatic carbocycles. The zero-order valence-electron chi connectivity index (χ0n) is 8.93. The maximum atomic E-state index is 2.74. The molecule has 12 heavy (non-hydrogen) atoms. The molecular weight excluding hydrogens is 159 g/mol. The van der Waals surface area contributed by atoms with Crippen LogP contribution in [0, 0.1) is 0 Å². The van der Waals surface area contributed by atoms with E-state index in [1.165, 1.54) is 30.9 Å². The minimum absolute atomic E-state index is 0.999. The van der Waals surface area contributed by atoms with E-state index in [0.717, 1.165) is 0 Å². The zero-order chi connectivity index (χ0) is 9.19. The molecule has 1 heterocycles. The molecule has 0 aromatic heterocycles. The summed E-state index contributed by atoms with van der Waals surface area (Å²) in [5.74, 6) is 0. The number of likely N-dealkylation sites (N-methyl/N-ethyl adjacent to an activating group) is 1. The van der Waals surface area contributed by atoms with E-state index in [1.54, 1.807) is 0 Å². The second kappa shape index (κ2) is 4.30. The first kappa shape index (κ1) is 10.8. The summed E-state index contributed by atoms with van der Waals surface area (Å²) in [6, 6.07) is 0. The van der Waals surface area contributed by atoms with Crippen molar-refractivity contribution < 1.29 is 0 Å². The third kappa shape index (κ3) is 2.61. The van der Waals surface area contributed by atoms with Gasteiger partial charge in [-0.3, -0.25) is 0 Å². The SMILES string of the molecule is [Li][CH2][Si](C)(C)N1CCN(C)CC1. The third-order valence-electron chi connectivity index (χ3n) is 3.22. The molecule has 0 bridgehead atoms. The van der Waals surface area contributed by atoms with E-state index >= 15 is 0 Å². The Balaban J connectivity index is 2.44. The number of rotatable bonds is 2. The molecule has 1 saturated heterocycles. The molecule has 0 saturated carbocycles. The van der Waals surface area contributed by atoms with Gasteiger partial charge in [0.05, 0.1) is 0 Å². The van der Waals surface area contributed by atoms with E-state index in [0.29, 0.717) is 0 Å².